The average Bonchev–Trinajstić information content (AvgIpc) is 3.01. The molecule has 0 saturated carbocycles. The first-order valence-corrected chi connectivity index (χ1v) is 10.2. The molecule has 0 saturated heterocycles. The minimum atomic E-state index is -0.602. The molecule has 0 radical (unpaired) electrons. The van der Waals surface area contributed by atoms with Crippen LogP contribution >= 0.6 is 21.6 Å². The van der Waals surface area contributed by atoms with Crippen LogP contribution in [0.15, 0.2) is 18.2 Å². The van der Waals surface area contributed by atoms with E-state index in [1.165, 1.54) is 16.7 Å². The fourth-order valence-corrected chi connectivity index (χ4v) is 4.39. The van der Waals surface area contributed by atoms with Crippen molar-refractivity contribution in [3.8, 4) is 0 Å². The van der Waals surface area contributed by atoms with Crippen LogP contribution < -0.4 is 16.4 Å². The zero-order chi connectivity index (χ0) is 16.7. The average molecular weight is 354 g/mol. The Balaban J connectivity index is 1.84. The predicted octanol–water partition coefficient (Wildman–Crippen LogP) is 1.59. The van der Waals surface area contributed by atoms with Crippen molar-refractivity contribution in [1.29, 1.82) is 0 Å². The number of amides is 2. The van der Waals surface area contributed by atoms with Gasteiger partial charge in [0.05, 0.1) is 0 Å². The van der Waals surface area contributed by atoms with Gasteiger partial charge in [-0.1, -0.05) is 46.7 Å². The van der Waals surface area contributed by atoms with E-state index in [1.807, 2.05) is 13.0 Å². The van der Waals surface area contributed by atoms with Crippen molar-refractivity contribution < 1.29 is 9.59 Å². The van der Waals surface area contributed by atoms with Gasteiger partial charge in [-0.25, -0.2) is 0 Å². The Bertz CT molecular complexity index is 566. The zero-order valence-electron chi connectivity index (χ0n) is 13.3. The summed E-state index contributed by atoms with van der Waals surface area (Å²) in [5.41, 5.74) is 9.18. The summed E-state index contributed by atoms with van der Waals surface area (Å²) in [6.07, 6.45) is 1.05. The number of nitrogens with two attached hydrogens (primary N) is 1. The summed E-state index contributed by atoms with van der Waals surface area (Å²) in [4.78, 5) is 23.5. The Kier molecular flexibility index (Phi) is 7.26. The molecule has 1 aliphatic rings. The smallest absolute Gasteiger partial charge is 0.240 e. The van der Waals surface area contributed by atoms with E-state index in [0.29, 0.717) is 18.6 Å². The fourth-order valence-electron chi connectivity index (χ4n) is 2.55. The minimum absolute atomic E-state index is 0.126. The molecule has 0 aromatic heterocycles. The first kappa shape index (κ1) is 18.2. The molecule has 1 unspecified atom stereocenters. The molecule has 2 amide bonds. The van der Waals surface area contributed by atoms with E-state index in [-0.39, 0.29) is 5.91 Å². The standard InChI is InChI=1S/C16H23N3O2S2/c1-2-22-23-10-14(16(17)21)19-15(20)7-6-11-4-3-5-12-8-18-9-13(11)12/h3-5,14,18H,2,6-10H2,1H3,(H2,17,21)(H,19,20). The number of rotatable bonds is 9. The van der Waals surface area contributed by atoms with Gasteiger partial charge in [-0.05, 0) is 23.1 Å². The topological polar surface area (TPSA) is 84.2 Å². The van der Waals surface area contributed by atoms with Gasteiger partial charge in [0.1, 0.15) is 6.04 Å². The lowest BCUT2D eigenvalue weighted by atomic mass is 9.99. The van der Waals surface area contributed by atoms with Gasteiger partial charge in [0, 0.05) is 31.0 Å². The van der Waals surface area contributed by atoms with Crippen molar-refractivity contribution in [2.24, 2.45) is 5.73 Å². The molecule has 5 nitrogen and oxygen atoms in total. The number of aryl methyl sites for hydroxylation is 1. The molecular weight excluding hydrogens is 330 g/mol. The summed E-state index contributed by atoms with van der Waals surface area (Å²) in [5, 5.41) is 6.07. The van der Waals surface area contributed by atoms with Crippen molar-refractivity contribution in [3.05, 3.63) is 34.9 Å². The summed E-state index contributed by atoms with van der Waals surface area (Å²) < 4.78 is 0. The van der Waals surface area contributed by atoms with Crippen LogP contribution in [0.1, 0.15) is 30.0 Å². The Morgan fingerprint density at radius 1 is 1.35 bits per heavy atom. The van der Waals surface area contributed by atoms with Crippen LogP contribution in [-0.4, -0.2) is 29.4 Å². The Labute approximate surface area is 144 Å². The van der Waals surface area contributed by atoms with E-state index in [2.05, 4.69) is 22.8 Å². The number of benzene rings is 1. The Hall–Kier alpha value is -1.18. The summed E-state index contributed by atoms with van der Waals surface area (Å²) in [6.45, 7) is 3.80. The highest BCUT2D eigenvalue weighted by Crippen LogP contribution is 2.22. The minimum Gasteiger partial charge on any atom is -0.368 e. The fraction of sp³-hybridized carbons (Fsp3) is 0.500. The van der Waals surface area contributed by atoms with E-state index < -0.39 is 11.9 Å². The molecule has 7 heteroatoms. The third-order valence-corrected chi connectivity index (χ3v) is 6.21. The van der Waals surface area contributed by atoms with Crippen LogP contribution in [0.5, 0.6) is 0 Å². The van der Waals surface area contributed by atoms with Gasteiger partial charge < -0.3 is 16.4 Å². The van der Waals surface area contributed by atoms with Crippen molar-refractivity contribution >= 4 is 33.4 Å². The molecular formula is C16H23N3O2S2. The zero-order valence-corrected chi connectivity index (χ0v) is 14.9. The maximum atomic E-state index is 12.1. The first-order chi connectivity index (χ1) is 11.1. The van der Waals surface area contributed by atoms with Crippen LogP contribution in [0.4, 0.5) is 0 Å². The van der Waals surface area contributed by atoms with E-state index in [9.17, 15) is 9.59 Å². The SMILES string of the molecule is CCSSCC(NC(=O)CCc1cccc2c1CNC2)C(N)=O. The molecule has 2 rings (SSSR count). The molecule has 1 aliphatic heterocycles. The molecule has 4 N–H and O–H groups in total. The van der Waals surface area contributed by atoms with Gasteiger partial charge in [0.2, 0.25) is 11.8 Å². The lowest BCUT2D eigenvalue weighted by Gasteiger charge is -2.15. The van der Waals surface area contributed by atoms with Crippen molar-refractivity contribution in [2.75, 3.05) is 11.5 Å². The van der Waals surface area contributed by atoms with Gasteiger partial charge in [-0.15, -0.1) is 0 Å². The highest BCUT2D eigenvalue weighted by atomic mass is 33.1. The van der Waals surface area contributed by atoms with E-state index in [0.717, 1.165) is 18.8 Å². The molecule has 0 spiro atoms. The second kappa shape index (κ2) is 9.20. The van der Waals surface area contributed by atoms with Gasteiger partial charge >= 0.3 is 0 Å². The quantitative estimate of drug-likeness (QED) is 0.464. The maximum absolute atomic E-state index is 12.1. The number of primary amides is 1. The molecule has 0 aliphatic carbocycles. The Morgan fingerprint density at radius 2 is 2.17 bits per heavy atom. The van der Waals surface area contributed by atoms with Crippen LogP contribution in [0.3, 0.4) is 0 Å². The number of carbonyl (C=O) groups is 2. The van der Waals surface area contributed by atoms with Gasteiger partial charge in [0.15, 0.2) is 0 Å². The molecule has 1 heterocycles. The van der Waals surface area contributed by atoms with Crippen molar-refractivity contribution in [1.82, 2.24) is 10.6 Å². The predicted molar refractivity (Wildman–Crippen MR) is 97.0 cm³/mol. The second-order valence-electron chi connectivity index (χ2n) is 5.37. The molecule has 0 bridgehead atoms. The molecule has 126 valence electrons. The summed E-state index contributed by atoms with van der Waals surface area (Å²) in [7, 11) is 3.21. The van der Waals surface area contributed by atoms with Crippen LogP contribution in [0, 0.1) is 0 Å². The van der Waals surface area contributed by atoms with E-state index in [4.69, 9.17) is 5.73 Å². The van der Waals surface area contributed by atoms with E-state index >= 15 is 0 Å². The van der Waals surface area contributed by atoms with Gasteiger partial charge in [-0.3, -0.25) is 9.59 Å². The van der Waals surface area contributed by atoms with Gasteiger partial charge in [0.25, 0.3) is 0 Å². The molecule has 1 aromatic carbocycles. The molecule has 0 fully saturated rings. The number of fused-ring (bicyclic) bond motifs is 1. The highest BCUT2D eigenvalue weighted by molar-refractivity contribution is 8.76. The maximum Gasteiger partial charge on any atom is 0.240 e. The largest absolute Gasteiger partial charge is 0.368 e. The first-order valence-electron chi connectivity index (χ1n) is 7.75. The molecule has 23 heavy (non-hydrogen) atoms. The van der Waals surface area contributed by atoms with Crippen LogP contribution in [-0.2, 0) is 29.1 Å². The van der Waals surface area contributed by atoms with Gasteiger partial charge in [-0.2, -0.15) is 0 Å². The summed E-state index contributed by atoms with van der Waals surface area (Å²) in [5.74, 6) is 0.855. The summed E-state index contributed by atoms with van der Waals surface area (Å²) >= 11 is 0. The third kappa shape index (κ3) is 5.44. The number of hydrogen-bond donors (Lipinski definition) is 3. The monoisotopic (exact) mass is 353 g/mol. The van der Waals surface area contributed by atoms with Crippen LogP contribution in [0.25, 0.3) is 0 Å². The van der Waals surface area contributed by atoms with Crippen molar-refractivity contribution in [2.45, 2.75) is 38.9 Å². The number of nitrogens with one attached hydrogen (secondary N) is 2. The van der Waals surface area contributed by atoms with Crippen molar-refractivity contribution in [3.63, 3.8) is 0 Å². The van der Waals surface area contributed by atoms with Crippen LogP contribution in [0.2, 0.25) is 0 Å². The third-order valence-electron chi connectivity index (χ3n) is 3.72. The Morgan fingerprint density at radius 3 is 2.91 bits per heavy atom. The number of carbonyl (C=O) groups excluding carboxylic acids is 2. The molecule has 1 aromatic rings. The molecule has 1 atom stereocenters. The highest BCUT2D eigenvalue weighted by Gasteiger charge is 2.19. The number of hydrogen-bond acceptors (Lipinski definition) is 5. The summed E-state index contributed by atoms with van der Waals surface area (Å²) in [6, 6.07) is 5.61. The lowest BCUT2D eigenvalue weighted by molar-refractivity contribution is -0.126. The lowest BCUT2D eigenvalue weighted by Crippen LogP contribution is -2.46. The van der Waals surface area contributed by atoms with E-state index in [1.54, 1.807) is 21.6 Å². The second-order valence-corrected chi connectivity index (χ2v) is 8.17. The normalized spacial score (nSPS) is 14.3.